The minimum absolute atomic E-state index is 0.0723. The van der Waals surface area contributed by atoms with Gasteiger partial charge in [-0.05, 0) is 33.2 Å². The molecule has 1 amide bonds. The second kappa shape index (κ2) is 12.1. The van der Waals surface area contributed by atoms with Gasteiger partial charge < -0.3 is 20.8 Å². The standard InChI is InChI=1S/C13H26N2O4S/c1-10(17)12(14-2)5-3-4-6-15-13(19)9-20-8-11(18)7-16/h11-12,14,16,18H,3-9H2,1-2H3,(H,15,19). The molecule has 0 aliphatic heterocycles. The molecule has 0 saturated heterocycles. The highest BCUT2D eigenvalue weighted by molar-refractivity contribution is 7.99. The molecule has 0 heterocycles. The Hall–Kier alpha value is -0.630. The van der Waals surface area contributed by atoms with Gasteiger partial charge >= 0.3 is 0 Å². The highest BCUT2D eigenvalue weighted by Gasteiger charge is 2.10. The first-order valence-electron chi connectivity index (χ1n) is 6.82. The summed E-state index contributed by atoms with van der Waals surface area (Å²) in [5, 5.41) is 23.5. The molecule has 0 aromatic rings. The van der Waals surface area contributed by atoms with Crippen molar-refractivity contribution in [2.45, 2.75) is 38.3 Å². The minimum Gasteiger partial charge on any atom is -0.394 e. The van der Waals surface area contributed by atoms with E-state index < -0.39 is 6.10 Å². The molecule has 0 aromatic carbocycles. The number of carbonyl (C=O) groups is 2. The lowest BCUT2D eigenvalue weighted by Gasteiger charge is -2.12. The summed E-state index contributed by atoms with van der Waals surface area (Å²) < 4.78 is 0. The summed E-state index contributed by atoms with van der Waals surface area (Å²) in [5.41, 5.74) is 0. The third kappa shape index (κ3) is 10.2. The van der Waals surface area contributed by atoms with Crippen molar-refractivity contribution in [3.8, 4) is 0 Å². The molecule has 0 aliphatic rings. The van der Waals surface area contributed by atoms with E-state index in [1.54, 1.807) is 14.0 Å². The van der Waals surface area contributed by atoms with E-state index in [0.29, 0.717) is 12.3 Å². The summed E-state index contributed by atoms with van der Waals surface area (Å²) in [4.78, 5) is 22.6. The lowest BCUT2D eigenvalue weighted by Crippen LogP contribution is -2.32. The van der Waals surface area contributed by atoms with Crippen LogP contribution in [0.5, 0.6) is 0 Å². The number of rotatable bonds is 12. The number of aliphatic hydroxyl groups excluding tert-OH is 2. The molecule has 0 spiro atoms. The molecule has 0 saturated carbocycles. The van der Waals surface area contributed by atoms with Crippen LogP contribution < -0.4 is 10.6 Å². The SMILES string of the molecule is CNC(CCCCNC(=O)CSCC(O)CO)C(C)=O. The molecule has 0 radical (unpaired) electrons. The van der Waals surface area contributed by atoms with Gasteiger partial charge in [0.2, 0.25) is 5.91 Å². The Kier molecular flexibility index (Phi) is 11.8. The molecule has 7 heteroatoms. The molecule has 0 fully saturated rings. The summed E-state index contributed by atoms with van der Waals surface area (Å²) in [6, 6.07) is -0.0961. The highest BCUT2D eigenvalue weighted by atomic mass is 32.2. The zero-order valence-electron chi connectivity index (χ0n) is 12.2. The number of Topliss-reactive ketones (excluding diaryl/α,β-unsaturated/α-hetero) is 1. The largest absolute Gasteiger partial charge is 0.394 e. The van der Waals surface area contributed by atoms with E-state index in [9.17, 15) is 9.59 Å². The molecule has 0 bridgehead atoms. The van der Waals surface area contributed by atoms with Gasteiger partial charge in [0.05, 0.1) is 24.5 Å². The highest BCUT2D eigenvalue weighted by Crippen LogP contribution is 2.03. The van der Waals surface area contributed by atoms with E-state index in [-0.39, 0.29) is 30.1 Å². The van der Waals surface area contributed by atoms with Crippen molar-refractivity contribution in [2.75, 3.05) is 31.7 Å². The van der Waals surface area contributed by atoms with Crippen molar-refractivity contribution in [2.24, 2.45) is 0 Å². The first kappa shape index (κ1) is 19.4. The van der Waals surface area contributed by atoms with E-state index in [4.69, 9.17) is 10.2 Å². The molecule has 2 atom stereocenters. The van der Waals surface area contributed by atoms with Gasteiger partial charge in [0, 0.05) is 12.3 Å². The Bertz CT molecular complexity index is 290. The number of ketones is 1. The van der Waals surface area contributed by atoms with Crippen molar-refractivity contribution in [1.82, 2.24) is 10.6 Å². The predicted molar refractivity (Wildman–Crippen MR) is 80.8 cm³/mol. The van der Waals surface area contributed by atoms with Crippen LogP contribution in [0.15, 0.2) is 0 Å². The van der Waals surface area contributed by atoms with E-state index in [2.05, 4.69) is 10.6 Å². The lowest BCUT2D eigenvalue weighted by molar-refractivity contribution is -0.119. The van der Waals surface area contributed by atoms with Crippen LogP contribution in [-0.2, 0) is 9.59 Å². The van der Waals surface area contributed by atoms with Crippen LogP contribution in [0.4, 0.5) is 0 Å². The van der Waals surface area contributed by atoms with Crippen LogP contribution in [0, 0.1) is 0 Å². The first-order valence-corrected chi connectivity index (χ1v) is 7.97. The van der Waals surface area contributed by atoms with Gasteiger partial charge in [0.15, 0.2) is 0 Å². The van der Waals surface area contributed by atoms with E-state index in [1.165, 1.54) is 11.8 Å². The Morgan fingerprint density at radius 3 is 2.55 bits per heavy atom. The maximum absolute atomic E-state index is 11.4. The van der Waals surface area contributed by atoms with E-state index >= 15 is 0 Å². The van der Waals surface area contributed by atoms with Crippen molar-refractivity contribution < 1.29 is 19.8 Å². The number of nitrogens with one attached hydrogen (secondary N) is 2. The second-order valence-corrected chi connectivity index (χ2v) is 5.68. The number of hydrogen-bond acceptors (Lipinski definition) is 6. The van der Waals surface area contributed by atoms with Crippen molar-refractivity contribution in [3.63, 3.8) is 0 Å². The molecule has 20 heavy (non-hydrogen) atoms. The van der Waals surface area contributed by atoms with Gasteiger partial charge in [-0.25, -0.2) is 0 Å². The first-order chi connectivity index (χ1) is 9.51. The van der Waals surface area contributed by atoms with Gasteiger partial charge in [-0.15, -0.1) is 11.8 Å². The number of thioether (sulfide) groups is 1. The third-order valence-corrected chi connectivity index (χ3v) is 3.92. The Balaban J connectivity index is 3.50. The van der Waals surface area contributed by atoms with Crippen LogP contribution in [-0.4, -0.2) is 65.8 Å². The van der Waals surface area contributed by atoms with Crippen molar-refractivity contribution >= 4 is 23.5 Å². The number of likely N-dealkylation sites (N-methyl/N-ethyl adjacent to an activating group) is 1. The Morgan fingerprint density at radius 1 is 1.30 bits per heavy atom. The van der Waals surface area contributed by atoms with E-state index in [1.807, 2.05) is 0 Å². The Labute approximate surface area is 124 Å². The Morgan fingerprint density at radius 2 is 2.00 bits per heavy atom. The normalized spacial score (nSPS) is 13.8. The number of hydrogen-bond donors (Lipinski definition) is 4. The van der Waals surface area contributed by atoms with Gasteiger partial charge in [0.1, 0.15) is 5.78 Å². The maximum Gasteiger partial charge on any atom is 0.229 e. The van der Waals surface area contributed by atoms with Crippen molar-refractivity contribution in [1.29, 1.82) is 0 Å². The monoisotopic (exact) mass is 306 g/mol. The topological polar surface area (TPSA) is 98.7 Å². The smallest absolute Gasteiger partial charge is 0.229 e. The molecule has 6 nitrogen and oxygen atoms in total. The molecule has 2 unspecified atom stereocenters. The van der Waals surface area contributed by atoms with Gasteiger partial charge in [-0.3, -0.25) is 9.59 Å². The molecule has 118 valence electrons. The minimum atomic E-state index is -0.766. The fourth-order valence-corrected chi connectivity index (χ4v) is 2.43. The zero-order valence-corrected chi connectivity index (χ0v) is 13.0. The van der Waals surface area contributed by atoms with Gasteiger partial charge in [-0.1, -0.05) is 0 Å². The fraction of sp³-hybridized carbons (Fsp3) is 0.846. The van der Waals surface area contributed by atoms with Crippen molar-refractivity contribution in [3.05, 3.63) is 0 Å². The molecule has 0 aromatic heterocycles. The van der Waals surface area contributed by atoms with Crippen LogP contribution >= 0.6 is 11.8 Å². The van der Waals surface area contributed by atoms with Crippen LogP contribution in [0.3, 0.4) is 0 Å². The molecule has 4 N–H and O–H groups in total. The average molecular weight is 306 g/mol. The maximum atomic E-state index is 11.4. The molecular weight excluding hydrogens is 280 g/mol. The van der Waals surface area contributed by atoms with Crippen LogP contribution in [0.2, 0.25) is 0 Å². The lowest BCUT2D eigenvalue weighted by atomic mass is 10.1. The number of amides is 1. The quantitative estimate of drug-likeness (QED) is 0.364. The number of carbonyl (C=O) groups excluding carboxylic acids is 2. The fourth-order valence-electron chi connectivity index (χ4n) is 1.64. The summed E-state index contributed by atoms with van der Waals surface area (Å²) in [7, 11) is 1.77. The van der Waals surface area contributed by atoms with Gasteiger partial charge in [0.25, 0.3) is 0 Å². The number of aliphatic hydroxyl groups is 2. The molecule has 0 rings (SSSR count). The summed E-state index contributed by atoms with van der Waals surface area (Å²) in [6.07, 6.45) is 1.72. The van der Waals surface area contributed by atoms with Crippen LogP contribution in [0.25, 0.3) is 0 Å². The molecule has 0 aliphatic carbocycles. The summed E-state index contributed by atoms with van der Waals surface area (Å²) in [6.45, 7) is 1.88. The summed E-state index contributed by atoms with van der Waals surface area (Å²) >= 11 is 1.29. The summed E-state index contributed by atoms with van der Waals surface area (Å²) in [5.74, 6) is 0.697. The zero-order chi connectivity index (χ0) is 15.4. The molecular formula is C13H26N2O4S. The number of unbranched alkanes of at least 4 members (excludes halogenated alkanes) is 1. The predicted octanol–water partition coefficient (Wildman–Crippen LogP) is -0.464. The second-order valence-electron chi connectivity index (χ2n) is 4.65. The van der Waals surface area contributed by atoms with E-state index in [0.717, 1.165) is 19.3 Å². The third-order valence-electron chi connectivity index (χ3n) is 2.84. The van der Waals surface area contributed by atoms with Crippen LogP contribution in [0.1, 0.15) is 26.2 Å². The van der Waals surface area contributed by atoms with Gasteiger partial charge in [-0.2, -0.15) is 0 Å². The average Bonchev–Trinajstić information content (AvgIpc) is 2.42.